The van der Waals surface area contributed by atoms with Crippen molar-refractivity contribution in [3.63, 3.8) is 0 Å². The molecule has 1 unspecified atom stereocenters. The molecular weight excluding hydrogens is 236 g/mol. The summed E-state index contributed by atoms with van der Waals surface area (Å²) >= 11 is 0. The lowest BCUT2D eigenvalue weighted by atomic mass is 10.1. The van der Waals surface area contributed by atoms with E-state index >= 15 is 0 Å². The number of aromatic nitrogens is 1. The molecule has 1 heterocycles. The minimum atomic E-state index is -0.436. The summed E-state index contributed by atoms with van der Waals surface area (Å²) in [6.07, 6.45) is 7.02. The Morgan fingerprint density at radius 3 is 2.16 bits per heavy atom. The first kappa shape index (κ1) is 16.0. The number of nitrogens with zero attached hydrogens (tertiary/aromatic N) is 2. The van der Waals surface area contributed by atoms with Crippen molar-refractivity contribution in [2.75, 3.05) is 18.0 Å². The van der Waals surface area contributed by atoms with E-state index in [2.05, 4.69) is 29.8 Å². The number of aliphatic hydroxyl groups excluding tert-OH is 1. The van der Waals surface area contributed by atoms with E-state index in [1.807, 2.05) is 19.2 Å². The van der Waals surface area contributed by atoms with Gasteiger partial charge >= 0.3 is 0 Å². The first-order chi connectivity index (χ1) is 9.22. The zero-order valence-corrected chi connectivity index (χ0v) is 12.6. The fraction of sp³-hybridized carbons (Fsp3) is 0.688. The molecule has 3 nitrogen and oxygen atoms in total. The molecule has 0 fully saturated rings. The van der Waals surface area contributed by atoms with Crippen LogP contribution in [0.25, 0.3) is 0 Å². The summed E-state index contributed by atoms with van der Waals surface area (Å²) in [6.45, 7) is 8.59. The topological polar surface area (TPSA) is 36.4 Å². The smallest absolute Gasteiger partial charge is 0.0957 e. The second-order valence-electron chi connectivity index (χ2n) is 5.06. The number of pyridine rings is 1. The fourth-order valence-electron chi connectivity index (χ4n) is 2.06. The Morgan fingerprint density at radius 1 is 1.11 bits per heavy atom. The number of hydrogen-bond donors (Lipinski definition) is 1. The van der Waals surface area contributed by atoms with Crippen molar-refractivity contribution < 1.29 is 5.11 Å². The van der Waals surface area contributed by atoms with Crippen molar-refractivity contribution in [1.29, 1.82) is 0 Å². The molecule has 0 spiro atoms. The number of unbranched alkanes of at least 4 members (excludes halogenated alkanes) is 2. The third-order valence-electron chi connectivity index (χ3n) is 3.43. The molecule has 0 radical (unpaired) electrons. The minimum absolute atomic E-state index is 0.436. The van der Waals surface area contributed by atoms with Gasteiger partial charge in [-0.05, 0) is 31.4 Å². The lowest BCUT2D eigenvalue weighted by molar-refractivity contribution is 0.169. The van der Waals surface area contributed by atoms with Gasteiger partial charge < -0.3 is 10.0 Å². The van der Waals surface area contributed by atoms with E-state index in [0.717, 1.165) is 18.8 Å². The molecule has 108 valence electrons. The van der Waals surface area contributed by atoms with Gasteiger partial charge in [0.15, 0.2) is 0 Å². The van der Waals surface area contributed by atoms with Gasteiger partial charge in [-0.25, -0.2) is 0 Å². The molecule has 0 aromatic carbocycles. The largest absolute Gasteiger partial charge is 0.387 e. The van der Waals surface area contributed by atoms with Crippen molar-refractivity contribution in [2.45, 2.75) is 59.0 Å². The Hall–Kier alpha value is -1.09. The van der Waals surface area contributed by atoms with Crippen LogP contribution in [-0.4, -0.2) is 23.2 Å². The second-order valence-corrected chi connectivity index (χ2v) is 5.06. The highest BCUT2D eigenvalue weighted by atomic mass is 16.3. The number of rotatable bonds is 9. The third-order valence-corrected chi connectivity index (χ3v) is 3.43. The molecule has 1 aromatic rings. The summed E-state index contributed by atoms with van der Waals surface area (Å²) in [4.78, 5) is 6.80. The van der Waals surface area contributed by atoms with Crippen molar-refractivity contribution in [3.05, 3.63) is 24.0 Å². The molecule has 3 heteroatoms. The van der Waals surface area contributed by atoms with Crippen LogP contribution < -0.4 is 4.90 Å². The SMILES string of the molecule is CCCCN(CCCC)c1ccc(C(O)CC)nc1. The maximum atomic E-state index is 9.77. The average Bonchev–Trinajstić information content (AvgIpc) is 2.47. The standard InChI is InChI=1S/C16H28N2O/c1-4-7-11-18(12-8-5-2)14-9-10-15(17-13-14)16(19)6-3/h9-10,13,16,19H,4-8,11-12H2,1-3H3. The maximum absolute atomic E-state index is 9.77. The van der Waals surface area contributed by atoms with Crippen molar-refractivity contribution in [3.8, 4) is 0 Å². The Morgan fingerprint density at radius 2 is 1.74 bits per heavy atom. The van der Waals surface area contributed by atoms with Gasteiger partial charge in [-0.1, -0.05) is 33.6 Å². The highest BCUT2D eigenvalue weighted by Crippen LogP contribution is 2.19. The molecule has 1 atom stereocenters. The highest BCUT2D eigenvalue weighted by molar-refractivity contribution is 5.44. The van der Waals surface area contributed by atoms with Crippen LogP contribution in [0.3, 0.4) is 0 Å². The van der Waals surface area contributed by atoms with E-state index in [1.165, 1.54) is 31.4 Å². The Balaban J connectivity index is 2.71. The van der Waals surface area contributed by atoms with Gasteiger partial charge in [0, 0.05) is 13.1 Å². The Kier molecular flexibility index (Phi) is 7.49. The summed E-state index contributed by atoms with van der Waals surface area (Å²) < 4.78 is 0. The molecule has 0 aliphatic carbocycles. The highest BCUT2D eigenvalue weighted by Gasteiger charge is 2.09. The number of hydrogen-bond acceptors (Lipinski definition) is 3. The van der Waals surface area contributed by atoms with Gasteiger partial charge in [0.25, 0.3) is 0 Å². The van der Waals surface area contributed by atoms with Crippen molar-refractivity contribution >= 4 is 5.69 Å². The summed E-state index contributed by atoms with van der Waals surface area (Å²) in [5.41, 5.74) is 1.95. The van der Waals surface area contributed by atoms with Crippen LogP contribution in [0.15, 0.2) is 18.3 Å². The molecule has 0 amide bonds. The van der Waals surface area contributed by atoms with E-state index in [1.54, 1.807) is 0 Å². The molecule has 0 bridgehead atoms. The van der Waals surface area contributed by atoms with Crippen LogP contribution >= 0.6 is 0 Å². The monoisotopic (exact) mass is 264 g/mol. The zero-order valence-electron chi connectivity index (χ0n) is 12.6. The Bertz CT molecular complexity index is 329. The summed E-state index contributed by atoms with van der Waals surface area (Å²) in [5.74, 6) is 0. The lowest BCUT2D eigenvalue weighted by Gasteiger charge is -2.24. The zero-order chi connectivity index (χ0) is 14.1. The summed E-state index contributed by atoms with van der Waals surface area (Å²) in [5, 5.41) is 9.77. The quantitative estimate of drug-likeness (QED) is 0.734. The molecule has 1 rings (SSSR count). The van der Waals surface area contributed by atoms with E-state index < -0.39 is 6.10 Å². The van der Waals surface area contributed by atoms with Gasteiger partial charge in [0.1, 0.15) is 0 Å². The van der Waals surface area contributed by atoms with Crippen LogP contribution in [0.4, 0.5) is 5.69 Å². The van der Waals surface area contributed by atoms with Gasteiger partial charge in [0.05, 0.1) is 23.7 Å². The van der Waals surface area contributed by atoms with E-state index in [0.29, 0.717) is 6.42 Å². The van der Waals surface area contributed by atoms with E-state index in [4.69, 9.17) is 0 Å². The molecule has 0 saturated carbocycles. The van der Waals surface area contributed by atoms with Crippen LogP contribution in [0, 0.1) is 0 Å². The fourth-order valence-corrected chi connectivity index (χ4v) is 2.06. The molecule has 1 aromatic heterocycles. The molecular formula is C16H28N2O. The molecule has 0 aliphatic rings. The normalized spacial score (nSPS) is 12.4. The van der Waals surface area contributed by atoms with Crippen LogP contribution in [0.2, 0.25) is 0 Å². The number of aliphatic hydroxyl groups is 1. The molecule has 19 heavy (non-hydrogen) atoms. The first-order valence-corrected chi connectivity index (χ1v) is 7.61. The number of anilines is 1. The van der Waals surface area contributed by atoms with Crippen LogP contribution in [0.5, 0.6) is 0 Å². The summed E-state index contributed by atoms with van der Waals surface area (Å²) in [7, 11) is 0. The summed E-state index contributed by atoms with van der Waals surface area (Å²) in [6, 6.07) is 4.04. The van der Waals surface area contributed by atoms with Gasteiger partial charge in [-0.2, -0.15) is 0 Å². The van der Waals surface area contributed by atoms with E-state index in [-0.39, 0.29) is 0 Å². The third kappa shape index (κ3) is 5.19. The minimum Gasteiger partial charge on any atom is -0.387 e. The van der Waals surface area contributed by atoms with Gasteiger partial charge in [-0.3, -0.25) is 4.98 Å². The predicted molar refractivity (Wildman–Crippen MR) is 81.5 cm³/mol. The average molecular weight is 264 g/mol. The first-order valence-electron chi connectivity index (χ1n) is 7.61. The Labute approximate surface area is 117 Å². The molecule has 0 aliphatic heterocycles. The maximum Gasteiger partial charge on any atom is 0.0957 e. The second kappa shape index (κ2) is 8.92. The van der Waals surface area contributed by atoms with Gasteiger partial charge in [0.2, 0.25) is 0 Å². The van der Waals surface area contributed by atoms with Crippen molar-refractivity contribution in [2.24, 2.45) is 0 Å². The predicted octanol–water partition coefficient (Wildman–Crippen LogP) is 3.93. The lowest BCUT2D eigenvalue weighted by Crippen LogP contribution is -2.25. The van der Waals surface area contributed by atoms with Gasteiger partial charge in [-0.15, -0.1) is 0 Å². The molecule has 0 saturated heterocycles. The molecule has 1 N–H and O–H groups in total. The van der Waals surface area contributed by atoms with Crippen molar-refractivity contribution in [1.82, 2.24) is 4.98 Å². The van der Waals surface area contributed by atoms with Crippen LogP contribution in [-0.2, 0) is 0 Å². The van der Waals surface area contributed by atoms with E-state index in [9.17, 15) is 5.11 Å². The van der Waals surface area contributed by atoms with Crippen LogP contribution in [0.1, 0.15) is 64.7 Å².